The minimum atomic E-state index is -4.57. The first-order valence-corrected chi connectivity index (χ1v) is 7.84. The predicted octanol–water partition coefficient (Wildman–Crippen LogP) is 3.47. The number of alkyl halides is 3. The fourth-order valence-electron chi connectivity index (χ4n) is 2.56. The van der Waals surface area contributed by atoms with Crippen LogP contribution in [0.2, 0.25) is 0 Å². The van der Waals surface area contributed by atoms with Gasteiger partial charge in [-0.15, -0.1) is 5.10 Å². The van der Waals surface area contributed by atoms with E-state index in [-0.39, 0.29) is 5.78 Å². The molecule has 0 bridgehead atoms. The van der Waals surface area contributed by atoms with Crippen molar-refractivity contribution in [3.05, 3.63) is 17.6 Å². The lowest BCUT2D eigenvalue weighted by Crippen LogP contribution is -2.30. The molecule has 1 fully saturated rings. The second kappa shape index (κ2) is 5.65. The Morgan fingerprint density at radius 3 is 2.57 bits per heavy atom. The van der Waals surface area contributed by atoms with Crippen LogP contribution in [0.4, 0.5) is 19.0 Å². The maximum absolute atomic E-state index is 12.9. The summed E-state index contributed by atoms with van der Waals surface area (Å²) in [5.74, 6) is 0.0359. The summed E-state index contributed by atoms with van der Waals surface area (Å²) < 4.78 is 39.9. The maximum Gasteiger partial charge on any atom is 0.453 e. The van der Waals surface area contributed by atoms with E-state index in [0.717, 1.165) is 25.8 Å². The summed E-state index contributed by atoms with van der Waals surface area (Å²) in [6, 6.07) is 2.16. The average Bonchev–Trinajstić information content (AvgIpc) is 3.15. The molecule has 126 valence electrons. The highest BCUT2D eigenvalue weighted by Gasteiger charge is 2.38. The van der Waals surface area contributed by atoms with Gasteiger partial charge >= 0.3 is 6.18 Å². The Hall–Kier alpha value is -1.86. The van der Waals surface area contributed by atoms with Crippen molar-refractivity contribution in [2.75, 3.05) is 11.4 Å². The lowest BCUT2D eigenvalue weighted by atomic mass is 10.1. The third-order valence-electron chi connectivity index (χ3n) is 3.90. The molecule has 0 unspecified atom stereocenters. The minimum Gasteiger partial charge on any atom is -0.353 e. The van der Waals surface area contributed by atoms with E-state index in [9.17, 15) is 13.2 Å². The molecule has 0 spiro atoms. The summed E-state index contributed by atoms with van der Waals surface area (Å²) in [6.07, 6.45) is -1.48. The molecule has 1 saturated carbocycles. The number of aromatic nitrogens is 4. The monoisotopic (exact) mass is 327 g/mol. The predicted molar refractivity (Wildman–Crippen MR) is 80.3 cm³/mol. The standard InChI is InChI=1S/C15H20F3N5/c1-9(2)6-7-22(11-4-5-11)12-8-10(3)19-14-20-13(15(16,17)18)21-23(12)14/h8-9,11H,4-7H2,1-3H3. The molecule has 0 saturated heterocycles. The highest BCUT2D eigenvalue weighted by Crippen LogP contribution is 2.33. The van der Waals surface area contributed by atoms with Crippen LogP contribution in [0.3, 0.4) is 0 Å². The van der Waals surface area contributed by atoms with E-state index in [1.165, 1.54) is 4.52 Å². The number of rotatable bonds is 5. The molecule has 0 atom stereocenters. The molecule has 2 heterocycles. The van der Waals surface area contributed by atoms with Gasteiger partial charge in [-0.25, -0.2) is 4.98 Å². The lowest BCUT2D eigenvalue weighted by Gasteiger charge is -2.25. The van der Waals surface area contributed by atoms with E-state index in [4.69, 9.17) is 0 Å². The first-order valence-electron chi connectivity index (χ1n) is 7.84. The second-order valence-corrected chi connectivity index (χ2v) is 6.51. The zero-order chi connectivity index (χ0) is 16.8. The molecule has 5 nitrogen and oxygen atoms in total. The van der Waals surface area contributed by atoms with Crippen molar-refractivity contribution in [1.29, 1.82) is 0 Å². The molecule has 2 aromatic heterocycles. The van der Waals surface area contributed by atoms with Crippen molar-refractivity contribution < 1.29 is 13.2 Å². The van der Waals surface area contributed by atoms with Gasteiger partial charge in [-0.05, 0) is 32.1 Å². The van der Waals surface area contributed by atoms with Crippen LogP contribution in [0, 0.1) is 12.8 Å². The Balaban J connectivity index is 2.05. The molecule has 0 N–H and O–H groups in total. The SMILES string of the molecule is Cc1cc(N(CCC(C)C)C2CC2)n2nc(C(F)(F)F)nc2n1. The molecule has 8 heteroatoms. The van der Waals surface area contributed by atoms with Gasteiger partial charge in [0.05, 0.1) is 0 Å². The first-order chi connectivity index (χ1) is 10.8. The van der Waals surface area contributed by atoms with Gasteiger partial charge in [-0.3, -0.25) is 0 Å². The van der Waals surface area contributed by atoms with E-state index in [1.807, 2.05) is 0 Å². The number of hydrogen-bond acceptors (Lipinski definition) is 4. The molecule has 0 amide bonds. The number of halogens is 3. The summed E-state index contributed by atoms with van der Waals surface area (Å²) in [5, 5.41) is 3.66. The van der Waals surface area contributed by atoms with E-state index < -0.39 is 12.0 Å². The lowest BCUT2D eigenvalue weighted by molar-refractivity contribution is -0.144. The van der Waals surface area contributed by atoms with Crippen LogP contribution in [-0.4, -0.2) is 32.2 Å². The van der Waals surface area contributed by atoms with Crippen molar-refractivity contribution in [3.63, 3.8) is 0 Å². The Kier molecular flexibility index (Phi) is 3.93. The smallest absolute Gasteiger partial charge is 0.353 e. The zero-order valence-corrected chi connectivity index (χ0v) is 13.4. The first kappa shape index (κ1) is 16.0. The van der Waals surface area contributed by atoms with Gasteiger partial charge in [0.25, 0.3) is 11.6 Å². The highest BCUT2D eigenvalue weighted by molar-refractivity contribution is 5.49. The van der Waals surface area contributed by atoms with Crippen LogP contribution in [0.15, 0.2) is 6.07 Å². The van der Waals surface area contributed by atoms with Crippen LogP contribution < -0.4 is 4.90 Å². The Morgan fingerprint density at radius 1 is 1.30 bits per heavy atom. The number of nitrogens with zero attached hydrogens (tertiary/aromatic N) is 5. The van der Waals surface area contributed by atoms with Crippen LogP contribution in [0.25, 0.3) is 5.78 Å². The Morgan fingerprint density at radius 2 is 2.00 bits per heavy atom. The molecule has 1 aliphatic rings. The molecular formula is C15H20F3N5. The fourth-order valence-corrected chi connectivity index (χ4v) is 2.56. The van der Waals surface area contributed by atoms with Gasteiger partial charge in [0.1, 0.15) is 5.82 Å². The molecule has 1 aliphatic carbocycles. The zero-order valence-electron chi connectivity index (χ0n) is 13.4. The van der Waals surface area contributed by atoms with E-state index in [2.05, 4.69) is 33.8 Å². The van der Waals surface area contributed by atoms with Crippen molar-refractivity contribution in [3.8, 4) is 0 Å². The van der Waals surface area contributed by atoms with E-state index in [1.54, 1.807) is 13.0 Å². The molecule has 0 aliphatic heterocycles. The number of hydrogen-bond donors (Lipinski definition) is 0. The Bertz CT molecular complexity index is 703. The average molecular weight is 327 g/mol. The molecular weight excluding hydrogens is 307 g/mol. The summed E-state index contributed by atoms with van der Waals surface area (Å²) in [7, 11) is 0. The second-order valence-electron chi connectivity index (χ2n) is 6.51. The largest absolute Gasteiger partial charge is 0.453 e. The van der Waals surface area contributed by atoms with Crippen LogP contribution in [0.1, 0.15) is 44.6 Å². The van der Waals surface area contributed by atoms with Gasteiger partial charge in [0.15, 0.2) is 0 Å². The van der Waals surface area contributed by atoms with Gasteiger partial charge in [-0.1, -0.05) is 13.8 Å². The molecule has 23 heavy (non-hydrogen) atoms. The summed E-state index contributed by atoms with van der Waals surface area (Å²) in [5.41, 5.74) is 0.642. The van der Waals surface area contributed by atoms with Crippen LogP contribution >= 0.6 is 0 Å². The molecule has 2 aromatic rings. The van der Waals surface area contributed by atoms with Gasteiger partial charge in [0, 0.05) is 24.3 Å². The molecule has 0 radical (unpaired) electrons. The van der Waals surface area contributed by atoms with Crippen LogP contribution in [-0.2, 0) is 6.18 Å². The number of fused-ring (bicyclic) bond motifs is 1. The van der Waals surface area contributed by atoms with Crippen molar-refractivity contribution in [2.45, 2.75) is 52.3 Å². The topological polar surface area (TPSA) is 46.3 Å². The quantitative estimate of drug-likeness (QED) is 0.844. The molecule has 3 rings (SSSR count). The van der Waals surface area contributed by atoms with E-state index >= 15 is 0 Å². The number of aryl methyl sites for hydroxylation is 1. The van der Waals surface area contributed by atoms with Crippen molar-refractivity contribution in [2.24, 2.45) is 5.92 Å². The normalized spacial score (nSPS) is 15.6. The summed E-state index contributed by atoms with van der Waals surface area (Å²) in [6.45, 7) is 6.83. The van der Waals surface area contributed by atoms with Crippen molar-refractivity contribution in [1.82, 2.24) is 19.6 Å². The highest BCUT2D eigenvalue weighted by atomic mass is 19.4. The van der Waals surface area contributed by atoms with Gasteiger partial charge in [-0.2, -0.15) is 22.7 Å². The van der Waals surface area contributed by atoms with Crippen molar-refractivity contribution >= 4 is 11.6 Å². The summed E-state index contributed by atoms with van der Waals surface area (Å²) in [4.78, 5) is 9.79. The summed E-state index contributed by atoms with van der Waals surface area (Å²) >= 11 is 0. The minimum absolute atomic E-state index is 0.00234. The van der Waals surface area contributed by atoms with Gasteiger partial charge < -0.3 is 4.90 Å². The third kappa shape index (κ3) is 3.40. The van der Waals surface area contributed by atoms with E-state index in [0.29, 0.717) is 23.5 Å². The Labute approximate surface area is 132 Å². The van der Waals surface area contributed by atoms with Gasteiger partial charge in [0.2, 0.25) is 0 Å². The fraction of sp³-hybridized carbons (Fsp3) is 0.667. The molecule has 0 aromatic carbocycles. The van der Waals surface area contributed by atoms with Crippen LogP contribution in [0.5, 0.6) is 0 Å². The third-order valence-corrected chi connectivity index (χ3v) is 3.90. The number of anilines is 1. The maximum atomic E-state index is 12.9.